The van der Waals surface area contributed by atoms with E-state index in [0.717, 1.165) is 0 Å². The van der Waals surface area contributed by atoms with Crippen LogP contribution in [-0.4, -0.2) is 9.55 Å². The van der Waals surface area contributed by atoms with Gasteiger partial charge in [0.15, 0.2) is 0 Å². The lowest BCUT2D eigenvalue weighted by atomic mass is 10.0. The first-order valence-corrected chi connectivity index (χ1v) is 10.3. The predicted octanol–water partition coefficient (Wildman–Crippen LogP) is 7.57. The average molecular weight is 382 g/mol. The third kappa shape index (κ3) is 1.98. The zero-order valence-electron chi connectivity index (χ0n) is 16.3. The van der Waals surface area contributed by atoms with Crippen molar-refractivity contribution in [1.29, 1.82) is 0 Å². The lowest BCUT2D eigenvalue weighted by molar-refractivity contribution is 1.19. The third-order valence-corrected chi connectivity index (χ3v) is 6.31. The van der Waals surface area contributed by atoms with Gasteiger partial charge in [0.05, 0.1) is 16.6 Å². The zero-order chi connectivity index (χ0) is 19.7. The molecule has 0 unspecified atom stereocenters. The van der Waals surface area contributed by atoms with E-state index in [0.29, 0.717) is 0 Å². The van der Waals surface area contributed by atoms with Gasteiger partial charge in [-0.2, -0.15) is 0 Å². The molecule has 0 bridgehead atoms. The maximum Gasteiger partial charge on any atom is 0.0783 e. The second kappa shape index (κ2) is 5.74. The van der Waals surface area contributed by atoms with Crippen molar-refractivity contribution in [3.05, 3.63) is 103 Å². The van der Waals surface area contributed by atoms with Crippen molar-refractivity contribution >= 4 is 54.4 Å². The van der Waals surface area contributed by atoms with Crippen LogP contribution in [-0.2, 0) is 0 Å². The number of fused-ring (bicyclic) bond motifs is 9. The molecule has 2 nitrogen and oxygen atoms in total. The van der Waals surface area contributed by atoms with E-state index < -0.39 is 0 Å². The lowest BCUT2D eigenvalue weighted by Gasteiger charge is -2.10. The van der Waals surface area contributed by atoms with Gasteiger partial charge in [-0.1, -0.05) is 84.9 Å². The van der Waals surface area contributed by atoms with Gasteiger partial charge in [0.2, 0.25) is 0 Å². The number of hydrogen-bond donors (Lipinski definition) is 1. The van der Waals surface area contributed by atoms with E-state index in [2.05, 4.69) is 113 Å². The number of rotatable bonds is 1. The fourth-order valence-corrected chi connectivity index (χ4v) is 5.01. The largest absolute Gasteiger partial charge is 0.353 e. The smallest absolute Gasteiger partial charge is 0.0783 e. The molecule has 0 saturated carbocycles. The van der Waals surface area contributed by atoms with Gasteiger partial charge < -0.3 is 9.55 Å². The monoisotopic (exact) mass is 382 g/mol. The molecule has 1 N–H and O–H groups in total. The highest BCUT2D eigenvalue weighted by atomic mass is 15.0. The van der Waals surface area contributed by atoms with Crippen molar-refractivity contribution in [3.63, 3.8) is 0 Å². The Morgan fingerprint density at radius 3 is 2.03 bits per heavy atom. The van der Waals surface area contributed by atoms with E-state index in [1.165, 1.54) is 60.1 Å². The van der Waals surface area contributed by atoms with Crippen molar-refractivity contribution < 1.29 is 0 Å². The number of hydrogen-bond acceptors (Lipinski definition) is 0. The van der Waals surface area contributed by atoms with Gasteiger partial charge in [-0.25, -0.2) is 0 Å². The Balaban J connectivity index is 1.82. The summed E-state index contributed by atoms with van der Waals surface area (Å²) in [5.41, 5.74) is 6.05. The van der Waals surface area contributed by atoms with Crippen LogP contribution in [0, 0.1) is 0 Å². The number of benzene rings is 5. The normalized spacial score (nSPS) is 12.0. The van der Waals surface area contributed by atoms with Crippen LogP contribution in [0.4, 0.5) is 0 Å². The first kappa shape index (κ1) is 15.8. The van der Waals surface area contributed by atoms with E-state index in [1.807, 2.05) is 0 Å². The maximum atomic E-state index is 3.72. The Labute approximate surface area is 173 Å². The van der Waals surface area contributed by atoms with Gasteiger partial charge in [0.25, 0.3) is 0 Å². The summed E-state index contributed by atoms with van der Waals surface area (Å²) in [4.78, 5) is 3.72. The molecule has 2 heterocycles. The summed E-state index contributed by atoms with van der Waals surface area (Å²) in [6.45, 7) is 0. The molecular weight excluding hydrogens is 364 g/mol. The van der Waals surface area contributed by atoms with Crippen LogP contribution in [0.1, 0.15) is 0 Å². The molecule has 0 fully saturated rings. The summed E-state index contributed by atoms with van der Waals surface area (Å²) in [6.07, 6.45) is 0. The van der Waals surface area contributed by atoms with Crippen LogP contribution in [0.25, 0.3) is 60.1 Å². The Kier molecular flexibility index (Phi) is 3.03. The van der Waals surface area contributed by atoms with E-state index in [4.69, 9.17) is 0 Å². The topological polar surface area (TPSA) is 20.7 Å². The number of para-hydroxylation sites is 2. The van der Waals surface area contributed by atoms with Gasteiger partial charge in [-0.05, 0) is 23.6 Å². The number of nitrogens with one attached hydrogen (secondary N) is 1. The second-order valence-electron chi connectivity index (χ2n) is 7.91. The molecule has 30 heavy (non-hydrogen) atoms. The molecule has 0 aliphatic carbocycles. The molecular formula is C28H18N2. The molecule has 7 rings (SSSR count). The van der Waals surface area contributed by atoms with Crippen molar-refractivity contribution in [2.24, 2.45) is 0 Å². The summed E-state index contributed by atoms with van der Waals surface area (Å²) in [7, 11) is 0. The molecule has 0 aliphatic heterocycles. The Hall–Kier alpha value is -4.04. The highest BCUT2D eigenvalue weighted by molar-refractivity contribution is 6.26. The summed E-state index contributed by atoms with van der Waals surface area (Å²) in [5, 5.41) is 7.63. The van der Waals surface area contributed by atoms with Crippen LogP contribution in [0.15, 0.2) is 103 Å². The second-order valence-corrected chi connectivity index (χ2v) is 7.91. The average Bonchev–Trinajstić information content (AvgIpc) is 3.35. The van der Waals surface area contributed by atoms with Gasteiger partial charge in [0, 0.05) is 38.1 Å². The number of aromatic nitrogens is 2. The molecule has 5 aromatic carbocycles. The van der Waals surface area contributed by atoms with Crippen LogP contribution in [0.2, 0.25) is 0 Å². The molecule has 0 saturated heterocycles. The molecule has 0 aliphatic rings. The predicted molar refractivity (Wildman–Crippen MR) is 128 cm³/mol. The van der Waals surface area contributed by atoms with Crippen LogP contribution in [0.5, 0.6) is 0 Å². The fourth-order valence-electron chi connectivity index (χ4n) is 5.01. The molecule has 7 aromatic rings. The van der Waals surface area contributed by atoms with Gasteiger partial charge in [0.1, 0.15) is 0 Å². The van der Waals surface area contributed by atoms with Gasteiger partial charge >= 0.3 is 0 Å². The first-order chi connectivity index (χ1) is 14.9. The summed E-state index contributed by atoms with van der Waals surface area (Å²) in [6, 6.07) is 37.0. The minimum absolute atomic E-state index is 1.18. The fraction of sp³-hybridized carbons (Fsp3) is 0. The van der Waals surface area contributed by atoms with E-state index in [9.17, 15) is 0 Å². The Bertz CT molecular complexity index is 1730. The Morgan fingerprint density at radius 1 is 0.467 bits per heavy atom. The molecule has 2 heteroatoms. The molecule has 0 atom stereocenters. The summed E-state index contributed by atoms with van der Waals surface area (Å²) < 4.78 is 2.44. The highest BCUT2D eigenvalue weighted by Gasteiger charge is 2.18. The minimum atomic E-state index is 1.18. The van der Waals surface area contributed by atoms with E-state index in [1.54, 1.807) is 0 Å². The quantitative estimate of drug-likeness (QED) is 0.302. The molecule has 0 spiro atoms. The standard InChI is InChI=1S/C28H18N2/c1-2-9-19(10-3-1)30-27-20-11-5-4-8-18(20)14-15-23(27)24-17-16-22-21-12-6-7-13-25(21)29-26(22)28(24)30/h1-17,29H. The SMILES string of the molecule is c1ccc(-n2c3c4ccccc4ccc3c3ccc4c5ccccc5[nH]c4c32)cc1. The van der Waals surface area contributed by atoms with Gasteiger partial charge in [-0.15, -0.1) is 0 Å². The van der Waals surface area contributed by atoms with Crippen molar-refractivity contribution in [2.75, 3.05) is 0 Å². The summed E-state index contributed by atoms with van der Waals surface area (Å²) >= 11 is 0. The summed E-state index contributed by atoms with van der Waals surface area (Å²) in [5.74, 6) is 0. The van der Waals surface area contributed by atoms with Crippen molar-refractivity contribution in [2.45, 2.75) is 0 Å². The van der Waals surface area contributed by atoms with Crippen molar-refractivity contribution in [1.82, 2.24) is 9.55 Å². The molecule has 140 valence electrons. The van der Waals surface area contributed by atoms with Gasteiger partial charge in [-0.3, -0.25) is 0 Å². The Morgan fingerprint density at radius 2 is 1.13 bits per heavy atom. The number of aromatic amines is 1. The molecule has 2 aromatic heterocycles. The molecule has 0 radical (unpaired) electrons. The third-order valence-electron chi connectivity index (χ3n) is 6.31. The van der Waals surface area contributed by atoms with Crippen LogP contribution in [0.3, 0.4) is 0 Å². The highest BCUT2D eigenvalue weighted by Crippen LogP contribution is 2.40. The lowest BCUT2D eigenvalue weighted by Crippen LogP contribution is -1.94. The van der Waals surface area contributed by atoms with E-state index in [-0.39, 0.29) is 0 Å². The number of nitrogens with zero attached hydrogens (tertiary/aromatic N) is 1. The van der Waals surface area contributed by atoms with Crippen molar-refractivity contribution in [3.8, 4) is 5.69 Å². The first-order valence-electron chi connectivity index (χ1n) is 10.3. The zero-order valence-corrected chi connectivity index (χ0v) is 16.3. The number of H-pyrrole nitrogens is 1. The maximum absolute atomic E-state index is 3.72. The van der Waals surface area contributed by atoms with E-state index >= 15 is 0 Å². The molecule has 0 amide bonds. The minimum Gasteiger partial charge on any atom is -0.353 e. The van der Waals surface area contributed by atoms with Crippen LogP contribution < -0.4 is 0 Å². The van der Waals surface area contributed by atoms with Crippen LogP contribution >= 0.6 is 0 Å².